The standard InChI is InChI=1S/C23H24ClFN4O2/c24-19-8-6-16(7-9-19)10-11-26-21(30)15-29-12-2-4-18(14-29)23-27-22(28-31-23)17-3-1-5-20(25)13-17/h1,3,5-9,13,18H,2,4,10-12,14-15H2,(H,26,30). The van der Waals surface area contributed by atoms with E-state index in [-0.39, 0.29) is 17.6 Å². The molecule has 1 aliphatic rings. The second kappa shape index (κ2) is 10.0. The fraction of sp³-hybridized carbons (Fsp3) is 0.348. The van der Waals surface area contributed by atoms with E-state index in [4.69, 9.17) is 16.1 Å². The van der Waals surface area contributed by atoms with E-state index in [1.54, 1.807) is 12.1 Å². The van der Waals surface area contributed by atoms with Crippen molar-refractivity contribution < 1.29 is 13.7 Å². The SMILES string of the molecule is O=C(CN1CCCC(c2nc(-c3cccc(F)c3)no2)C1)NCCc1ccc(Cl)cc1. The van der Waals surface area contributed by atoms with Gasteiger partial charge in [0, 0.05) is 23.7 Å². The summed E-state index contributed by atoms with van der Waals surface area (Å²) in [5, 5.41) is 7.69. The lowest BCUT2D eigenvalue weighted by Crippen LogP contribution is -2.42. The maximum Gasteiger partial charge on any atom is 0.234 e. The number of amides is 1. The Morgan fingerprint density at radius 1 is 1.26 bits per heavy atom. The normalized spacial score (nSPS) is 16.9. The van der Waals surface area contributed by atoms with Crippen molar-refractivity contribution >= 4 is 17.5 Å². The van der Waals surface area contributed by atoms with Gasteiger partial charge >= 0.3 is 0 Å². The zero-order chi connectivity index (χ0) is 21.6. The lowest BCUT2D eigenvalue weighted by molar-refractivity contribution is -0.122. The smallest absolute Gasteiger partial charge is 0.234 e. The molecule has 1 fully saturated rings. The van der Waals surface area contributed by atoms with Gasteiger partial charge in [-0.2, -0.15) is 4.98 Å². The van der Waals surface area contributed by atoms with Crippen LogP contribution in [0, 0.1) is 5.82 Å². The highest BCUT2D eigenvalue weighted by atomic mass is 35.5. The molecule has 0 bridgehead atoms. The molecular weight excluding hydrogens is 419 g/mol. The molecule has 0 radical (unpaired) electrons. The average Bonchev–Trinajstić information content (AvgIpc) is 3.26. The zero-order valence-corrected chi connectivity index (χ0v) is 17.8. The fourth-order valence-corrected chi connectivity index (χ4v) is 3.93. The number of halogens is 2. The third kappa shape index (κ3) is 5.89. The van der Waals surface area contributed by atoms with Crippen LogP contribution >= 0.6 is 11.6 Å². The minimum absolute atomic E-state index is 0.000549. The molecule has 1 amide bonds. The first-order valence-corrected chi connectivity index (χ1v) is 10.8. The van der Waals surface area contributed by atoms with E-state index in [1.165, 1.54) is 12.1 Å². The van der Waals surface area contributed by atoms with Crippen LogP contribution in [0.4, 0.5) is 4.39 Å². The molecule has 1 aromatic heterocycles. The van der Waals surface area contributed by atoms with Gasteiger partial charge in [-0.05, 0) is 55.6 Å². The van der Waals surface area contributed by atoms with Crippen LogP contribution in [0.1, 0.15) is 30.2 Å². The quantitative estimate of drug-likeness (QED) is 0.597. The minimum Gasteiger partial charge on any atom is -0.355 e. The van der Waals surface area contributed by atoms with Crippen molar-refractivity contribution in [2.75, 3.05) is 26.2 Å². The van der Waals surface area contributed by atoms with Gasteiger partial charge in [-0.15, -0.1) is 0 Å². The van der Waals surface area contributed by atoms with Gasteiger partial charge in [0.25, 0.3) is 0 Å². The van der Waals surface area contributed by atoms with Gasteiger partial charge in [-0.3, -0.25) is 9.69 Å². The molecule has 1 N–H and O–H groups in total. The largest absolute Gasteiger partial charge is 0.355 e. The number of carbonyl (C=O) groups excluding carboxylic acids is 1. The third-order valence-electron chi connectivity index (χ3n) is 5.40. The number of aromatic nitrogens is 2. The first-order chi connectivity index (χ1) is 15.1. The van der Waals surface area contributed by atoms with Crippen LogP contribution in [0.2, 0.25) is 5.02 Å². The number of nitrogens with zero attached hydrogens (tertiary/aromatic N) is 3. The summed E-state index contributed by atoms with van der Waals surface area (Å²) in [6.07, 6.45) is 2.62. The van der Waals surface area contributed by atoms with Crippen molar-refractivity contribution in [3.63, 3.8) is 0 Å². The number of hydrogen-bond acceptors (Lipinski definition) is 5. The number of rotatable bonds is 7. The van der Waals surface area contributed by atoms with Gasteiger partial charge in [-0.1, -0.05) is 41.0 Å². The van der Waals surface area contributed by atoms with Gasteiger partial charge in [0.1, 0.15) is 5.82 Å². The lowest BCUT2D eigenvalue weighted by Gasteiger charge is -2.30. The number of carbonyl (C=O) groups is 1. The molecule has 2 heterocycles. The third-order valence-corrected chi connectivity index (χ3v) is 5.65. The molecule has 8 heteroatoms. The summed E-state index contributed by atoms with van der Waals surface area (Å²) in [4.78, 5) is 18.9. The Bertz CT molecular complexity index is 1020. The van der Waals surface area contributed by atoms with Gasteiger partial charge in [0.2, 0.25) is 17.6 Å². The number of benzene rings is 2. The van der Waals surface area contributed by atoms with E-state index < -0.39 is 0 Å². The Morgan fingerprint density at radius 3 is 2.90 bits per heavy atom. The Kier molecular flexibility index (Phi) is 6.94. The first kappa shape index (κ1) is 21.5. The molecule has 3 aromatic rings. The number of nitrogens with one attached hydrogen (secondary N) is 1. The highest BCUT2D eigenvalue weighted by Crippen LogP contribution is 2.27. The van der Waals surface area contributed by atoms with Crippen LogP contribution in [-0.4, -0.2) is 47.1 Å². The molecule has 0 aliphatic carbocycles. The molecule has 0 spiro atoms. The van der Waals surface area contributed by atoms with E-state index in [0.717, 1.165) is 31.4 Å². The topological polar surface area (TPSA) is 71.3 Å². The first-order valence-electron chi connectivity index (χ1n) is 10.4. The van der Waals surface area contributed by atoms with Crippen LogP contribution in [0.15, 0.2) is 53.1 Å². The number of hydrogen-bond donors (Lipinski definition) is 1. The molecule has 1 saturated heterocycles. The molecule has 31 heavy (non-hydrogen) atoms. The predicted molar refractivity (Wildman–Crippen MR) is 116 cm³/mol. The van der Waals surface area contributed by atoms with Gasteiger partial charge in [0.05, 0.1) is 12.5 Å². The molecule has 1 aliphatic heterocycles. The van der Waals surface area contributed by atoms with Gasteiger partial charge < -0.3 is 9.84 Å². The molecule has 1 unspecified atom stereocenters. The molecule has 162 valence electrons. The van der Waals surface area contributed by atoms with Crippen LogP contribution in [0.25, 0.3) is 11.4 Å². The Balaban J connectivity index is 1.27. The summed E-state index contributed by atoms with van der Waals surface area (Å²) in [6.45, 7) is 2.45. The zero-order valence-electron chi connectivity index (χ0n) is 17.1. The van der Waals surface area contributed by atoms with Gasteiger partial charge in [-0.25, -0.2) is 4.39 Å². The predicted octanol–water partition coefficient (Wildman–Crippen LogP) is 4.07. The van der Waals surface area contributed by atoms with E-state index in [0.29, 0.717) is 41.9 Å². The maximum atomic E-state index is 13.5. The molecule has 1 atom stereocenters. The molecule has 0 saturated carbocycles. The van der Waals surface area contributed by atoms with E-state index >= 15 is 0 Å². The Morgan fingerprint density at radius 2 is 2.10 bits per heavy atom. The second-order valence-electron chi connectivity index (χ2n) is 7.77. The van der Waals surface area contributed by atoms with E-state index in [2.05, 4.69) is 20.4 Å². The summed E-state index contributed by atoms with van der Waals surface area (Å²) in [5.41, 5.74) is 1.72. The maximum absolute atomic E-state index is 13.5. The minimum atomic E-state index is -0.338. The van der Waals surface area contributed by atoms with Gasteiger partial charge in [0.15, 0.2) is 0 Å². The summed E-state index contributed by atoms with van der Waals surface area (Å²) in [5.74, 6) is 0.638. The van der Waals surface area contributed by atoms with Crippen LogP contribution in [-0.2, 0) is 11.2 Å². The molecule has 2 aromatic carbocycles. The van der Waals surface area contributed by atoms with Crippen molar-refractivity contribution in [1.29, 1.82) is 0 Å². The fourth-order valence-electron chi connectivity index (χ4n) is 3.80. The van der Waals surface area contributed by atoms with E-state index in [1.807, 2.05) is 24.3 Å². The monoisotopic (exact) mass is 442 g/mol. The Labute approximate surface area is 185 Å². The van der Waals surface area contributed by atoms with Crippen molar-refractivity contribution in [2.24, 2.45) is 0 Å². The average molecular weight is 443 g/mol. The Hall–Kier alpha value is -2.77. The number of likely N-dealkylation sites (tertiary alicyclic amines) is 1. The number of piperidine rings is 1. The highest BCUT2D eigenvalue weighted by Gasteiger charge is 2.27. The van der Waals surface area contributed by atoms with Crippen molar-refractivity contribution in [3.05, 3.63) is 70.8 Å². The molecular formula is C23H24ClFN4O2. The van der Waals surface area contributed by atoms with Crippen molar-refractivity contribution in [2.45, 2.75) is 25.2 Å². The molecule has 4 rings (SSSR count). The van der Waals surface area contributed by atoms with Crippen molar-refractivity contribution in [3.8, 4) is 11.4 Å². The van der Waals surface area contributed by atoms with Crippen LogP contribution < -0.4 is 5.32 Å². The molecule has 6 nitrogen and oxygen atoms in total. The summed E-state index contributed by atoms with van der Waals surface area (Å²) >= 11 is 5.89. The van der Waals surface area contributed by atoms with E-state index in [9.17, 15) is 9.18 Å². The lowest BCUT2D eigenvalue weighted by atomic mass is 9.98. The second-order valence-corrected chi connectivity index (χ2v) is 8.20. The summed E-state index contributed by atoms with van der Waals surface area (Å²) < 4.78 is 18.9. The summed E-state index contributed by atoms with van der Waals surface area (Å²) in [7, 11) is 0. The van der Waals surface area contributed by atoms with Crippen molar-refractivity contribution in [1.82, 2.24) is 20.4 Å². The summed E-state index contributed by atoms with van der Waals surface area (Å²) in [6, 6.07) is 13.8. The highest BCUT2D eigenvalue weighted by molar-refractivity contribution is 6.30. The van der Waals surface area contributed by atoms with Crippen LogP contribution in [0.5, 0.6) is 0 Å². The van der Waals surface area contributed by atoms with Crippen LogP contribution in [0.3, 0.4) is 0 Å².